The van der Waals surface area contributed by atoms with E-state index in [-0.39, 0.29) is 0 Å². The van der Waals surface area contributed by atoms with Crippen molar-refractivity contribution in [2.75, 3.05) is 0 Å². The van der Waals surface area contributed by atoms with Crippen LogP contribution in [0.3, 0.4) is 0 Å². The van der Waals surface area contributed by atoms with Crippen LogP contribution >= 0.6 is 0 Å². The number of nitrogens with zero attached hydrogens (tertiary/aromatic N) is 1. The van der Waals surface area contributed by atoms with Crippen LogP contribution in [0.1, 0.15) is 31.7 Å². The van der Waals surface area contributed by atoms with Gasteiger partial charge in [0.2, 0.25) is 0 Å². The van der Waals surface area contributed by atoms with E-state index in [9.17, 15) is 0 Å². The van der Waals surface area contributed by atoms with Gasteiger partial charge in [0, 0.05) is 12.4 Å². The summed E-state index contributed by atoms with van der Waals surface area (Å²) in [6.07, 6.45) is 7.18. The van der Waals surface area contributed by atoms with Crippen LogP contribution in [-0.4, -0.2) is 4.98 Å². The standard InChI is InChI=1S/C11H15N/c1-3-4-6-10(2)11-7-5-8-12-9-11/h5,7-9H,2-4,6H2,1H3. The summed E-state index contributed by atoms with van der Waals surface area (Å²) in [5.74, 6) is 0. The lowest BCUT2D eigenvalue weighted by atomic mass is 10.0. The monoisotopic (exact) mass is 161 g/mol. The van der Waals surface area contributed by atoms with Crippen LogP contribution in [-0.2, 0) is 0 Å². The number of unbranched alkanes of at least 4 members (excludes halogenated alkanes) is 1. The minimum Gasteiger partial charge on any atom is -0.264 e. The Kier molecular flexibility index (Phi) is 3.52. The first-order chi connectivity index (χ1) is 5.84. The maximum atomic E-state index is 4.05. The molecule has 0 amide bonds. The molecule has 0 fully saturated rings. The number of aromatic nitrogens is 1. The van der Waals surface area contributed by atoms with Gasteiger partial charge in [0.25, 0.3) is 0 Å². The highest BCUT2D eigenvalue weighted by molar-refractivity contribution is 5.62. The highest BCUT2D eigenvalue weighted by Gasteiger charge is 1.96. The Morgan fingerprint density at radius 1 is 1.58 bits per heavy atom. The summed E-state index contributed by atoms with van der Waals surface area (Å²) >= 11 is 0. The molecule has 12 heavy (non-hydrogen) atoms. The summed E-state index contributed by atoms with van der Waals surface area (Å²) < 4.78 is 0. The van der Waals surface area contributed by atoms with E-state index >= 15 is 0 Å². The Morgan fingerprint density at radius 3 is 3.00 bits per heavy atom. The predicted octanol–water partition coefficient (Wildman–Crippen LogP) is 3.29. The van der Waals surface area contributed by atoms with Crippen molar-refractivity contribution in [3.63, 3.8) is 0 Å². The molecule has 1 aromatic rings. The van der Waals surface area contributed by atoms with Crippen LogP contribution in [0.15, 0.2) is 31.1 Å². The van der Waals surface area contributed by atoms with Crippen molar-refractivity contribution in [3.05, 3.63) is 36.7 Å². The van der Waals surface area contributed by atoms with E-state index in [0.29, 0.717) is 0 Å². The van der Waals surface area contributed by atoms with Gasteiger partial charge in [0.05, 0.1) is 0 Å². The second-order valence-electron chi connectivity index (χ2n) is 2.95. The number of hydrogen-bond donors (Lipinski definition) is 0. The van der Waals surface area contributed by atoms with Crippen molar-refractivity contribution >= 4 is 5.57 Å². The molecule has 0 bridgehead atoms. The summed E-state index contributed by atoms with van der Waals surface area (Å²) in [6.45, 7) is 6.21. The van der Waals surface area contributed by atoms with Gasteiger partial charge < -0.3 is 0 Å². The second kappa shape index (κ2) is 4.70. The summed E-state index contributed by atoms with van der Waals surface area (Å²) in [4.78, 5) is 4.05. The molecular formula is C11H15N. The number of hydrogen-bond acceptors (Lipinski definition) is 1. The molecule has 0 saturated carbocycles. The Labute approximate surface area is 74.2 Å². The Morgan fingerprint density at radius 2 is 2.42 bits per heavy atom. The molecule has 0 unspecified atom stereocenters. The summed E-state index contributed by atoms with van der Waals surface area (Å²) in [6, 6.07) is 4.01. The second-order valence-corrected chi connectivity index (χ2v) is 2.95. The quantitative estimate of drug-likeness (QED) is 0.660. The molecule has 1 heteroatoms. The van der Waals surface area contributed by atoms with Crippen molar-refractivity contribution in [2.24, 2.45) is 0 Å². The SMILES string of the molecule is C=C(CCCC)c1cccnc1. The molecule has 1 heterocycles. The third kappa shape index (κ3) is 2.50. The molecule has 64 valence electrons. The van der Waals surface area contributed by atoms with Crippen LogP contribution in [0, 0.1) is 0 Å². The van der Waals surface area contributed by atoms with E-state index in [1.807, 2.05) is 12.3 Å². The van der Waals surface area contributed by atoms with Gasteiger partial charge >= 0.3 is 0 Å². The van der Waals surface area contributed by atoms with E-state index in [1.54, 1.807) is 6.20 Å². The minimum atomic E-state index is 1.09. The van der Waals surface area contributed by atoms with Gasteiger partial charge in [-0.05, 0) is 30.0 Å². The smallest absolute Gasteiger partial charge is 0.0342 e. The highest BCUT2D eigenvalue weighted by atomic mass is 14.6. The Hall–Kier alpha value is -1.11. The zero-order chi connectivity index (χ0) is 8.81. The third-order valence-corrected chi connectivity index (χ3v) is 1.90. The van der Waals surface area contributed by atoms with Gasteiger partial charge in [-0.3, -0.25) is 4.98 Å². The van der Waals surface area contributed by atoms with Gasteiger partial charge in [0.1, 0.15) is 0 Å². The summed E-state index contributed by atoms with van der Waals surface area (Å²) in [7, 11) is 0. The highest BCUT2D eigenvalue weighted by Crippen LogP contribution is 2.16. The number of allylic oxidation sites excluding steroid dienone is 1. The van der Waals surface area contributed by atoms with Crippen molar-refractivity contribution in [2.45, 2.75) is 26.2 Å². The molecular weight excluding hydrogens is 146 g/mol. The van der Waals surface area contributed by atoms with Gasteiger partial charge in [-0.15, -0.1) is 0 Å². The largest absolute Gasteiger partial charge is 0.264 e. The van der Waals surface area contributed by atoms with Gasteiger partial charge in [-0.2, -0.15) is 0 Å². The van der Waals surface area contributed by atoms with Gasteiger partial charge in [0.15, 0.2) is 0 Å². The first-order valence-corrected chi connectivity index (χ1v) is 4.42. The van der Waals surface area contributed by atoms with Crippen molar-refractivity contribution in [1.29, 1.82) is 0 Å². The molecule has 1 nitrogen and oxygen atoms in total. The normalized spacial score (nSPS) is 9.75. The molecule has 0 aromatic carbocycles. The summed E-state index contributed by atoms with van der Waals surface area (Å²) in [5, 5.41) is 0. The zero-order valence-electron chi connectivity index (χ0n) is 7.59. The Balaban J connectivity index is 2.54. The molecule has 1 aromatic heterocycles. The zero-order valence-corrected chi connectivity index (χ0v) is 7.59. The van der Waals surface area contributed by atoms with Crippen LogP contribution < -0.4 is 0 Å². The lowest BCUT2D eigenvalue weighted by Gasteiger charge is -2.02. The number of pyridine rings is 1. The molecule has 0 spiro atoms. The molecule has 0 aliphatic rings. The maximum absolute atomic E-state index is 4.05. The molecule has 0 saturated heterocycles. The third-order valence-electron chi connectivity index (χ3n) is 1.90. The lowest BCUT2D eigenvalue weighted by molar-refractivity contribution is 0.825. The first-order valence-electron chi connectivity index (χ1n) is 4.42. The van der Waals surface area contributed by atoms with E-state index < -0.39 is 0 Å². The molecule has 0 radical (unpaired) electrons. The van der Waals surface area contributed by atoms with Crippen LogP contribution in [0.5, 0.6) is 0 Å². The number of rotatable bonds is 4. The van der Waals surface area contributed by atoms with E-state index in [4.69, 9.17) is 0 Å². The van der Waals surface area contributed by atoms with Crippen molar-refractivity contribution in [3.8, 4) is 0 Å². The average Bonchev–Trinajstić information content (AvgIpc) is 2.15. The lowest BCUT2D eigenvalue weighted by Crippen LogP contribution is -1.83. The summed E-state index contributed by atoms with van der Waals surface area (Å²) in [5.41, 5.74) is 2.37. The fourth-order valence-electron chi connectivity index (χ4n) is 1.11. The van der Waals surface area contributed by atoms with E-state index in [0.717, 1.165) is 6.42 Å². The Bertz CT molecular complexity index is 238. The van der Waals surface area contributed by atoms with Crippen molar-refractivity contribution in [1.82, 2.24) is 4.98 Å². The van der Waals surface area contributed by atoms with Crippen LogP contribution in [0.25, 0.3) is 5.57 Å². The minimum absolute atomic E-state index is 1.09. The van der Waals surface area contributed by atoms with Gasteiger partial charge in [-0.1, -0.05) is 26.0 Å². The van der Waals surface area contributed by atoms with E-state index in [1.165, 1.54) is 24.0 Å². The van der Waals surface area contributed by atoms with Gasteiger partial charge in [-0.25, -0.2) is 0 Å². The fraction of sp³-hybridized carbons (Fsp3) is 0.364. The molecule has 0 N–H and O–H groups in total. The fourth-order valence-corrected chi connectivity index (χ4v) is 1.11. The molecule has 1 rings (SSSR count). The van der Waals surface area contributed by atoms with Crippen molar-refractivity contribution < 1.29 is 0 Å². The van der Waals surface area contributed by atoms with Crippen LogP contribution in [0.4, 0.5) is 0 Å². The molecule has 0 atom stereocenters. The molecule has 0 aliphatic heterocycles. The molecule has 0 aliphatic carbocycles. The average molecular weight is 161 g/mol. The first kappa shape index (κ1) is 8.98. The maximum Gasteiger partial charge on any atom is 0.0342 e. The van der Waals surface area contributed by atoms with E-state index in [2.05, 4.69) is 24.6 Å². The predicted molar refractivity (Wildman–Crippen MR) is 52.8 cm³/mol. The van der Waals surface area contributed by atoms with Crippen LogP contribution in [0.2, 0.25) is 0 Å². The topological polar surface area (TPSA) is 12.9 Å².